The molecule has 2 rings (SSSR count). The molecule has 0 aromatic carbocycles. The van der Waals surface area contributed by atoms with Gasteiger partial charge >= 0.3 is 6.09 Å². The maximum absolute atomic E-state index is 12.1. The third-order valence-electron chi connectivity index (χ3n) is 3.21. The van der Waals surface area contributed by atoms with Crippen LogP contribution < -0.4 is 22.7 Å². The summed E-state index contributed by atoms with van der Waals surface area (Å²) in [7, 11) is 0. The molecule has 2 aromatic rings. The van der Waals surface area contributed by atoms with Crippen molar-refractivity contribution < 1.29 is 14.3 Å². The van der Waals surface area contributed by atoms with Crippen molar-refractivity contribution in [3.8, 4) is 0 Å². The highest BCUT2D eigenvalue weighted by molar-refractivity contribution is 5.95. The predicted octanol–water partition coefficient (Wildman–Crippen LogP) is 1.14. The van der Waals surface area contributed by atoms with Gasteiger partial charge in [0.1, 0.15) is 17.7 Å². The number of hydrogen-bond acceptors (Lipinski definition) is 9. The number of rotatable bonds is 4. The SMILES string of the molecule is CC(C)(C)OC(=O)n1cc(/C(=C\C=O)c2cc(N)nc(NN)c2N)cn1. The molecule has 0 aliphatic heterocycles. The van der Waals surface area contributed by atoms with E-state index in [1.54, 1.807) is 20.8 Å². The summed E-state index contributed by atoms with van der Waals surface area (Å²) in [6.07, 6.45) is 4.05. The Morgan fingerprint density at radius 1 is 1.35 bits per heavy atom. The second-order valence-electron chi connectivity index (χ2n) is 6.37. The Kier molecular flexibility index (Phi) is 5.27. The number of aromatic nitrogens is 3. The van der Waals surface area contributed by atoms with Crippen LogP contribution >= 0.6 is 0 Å². The Hall–Kier alpha value is -3.40. The first-order valence-corrected chi connectivity index (χ1v) is 7.63. The number of anilines is 3. The Balaban J connectivity index is 2.48. The van der Waals surface area contributed by atoms with Crippen LogP contribution in [-0.2, 0) is 9.53 Å². The van der Waals surface area contributed by atoms with E-state index >= 15 is 0 Å². The van der Waals surface area contributed by atoms with E-state index in [4.69, 9.17) is 22.0 Å². The van der Waals surface area contributed by atoms with E-state index in [0.717, 1.165) is 4.68 Å². The van der Waals surface area contributed by atoms with Gasteiger partial charge in [0.15, 0.2) is 5.82 Å². The lowest BCUT2D eigenvalue weighted by Gasteiger charge is -2.18. The van der Waals surface area contributed by atoms with Gasteiger partial charge in [0, 0.05) is 17.3 Å². The summed E-state index contributed by atoms with van der Waals surface area (Å²) < 4.78 is 6.28. The second kappa shape index (κ2) is 7.23. The van der Waals surface area contributed by atoms with Crippen molar-refractivity contribution in [1.29, 1.82) is 0 Å². The van der Waals surface area contributed by atoms with E-state index in [9.17, 15) is 9.59 Å². The van der Waals surface area contributed by atoms with Crippen molar-refractivity contribution in [2.75, 3.05) is 16.9 Å². The van der Waals surface area contributed by atoms with Crippen LogP contribution in [0, 0.1) is 0 Å². The van der Waals surface area contributed by atoms with Gasteiger partial charge in [-0.1, -0.05) is 0 Å². The summed E-state index contributed by atoms with van der Waals surface area (Å²) in [6, 6.07) is 1.50. The molecule has 2 aromatic heterocycles. The first-order chi connectivity index (χ1) is 12.2. The number of hydrogen-bond donors (Lipinski definition) is 4. The van der Waals surface area contributed by atoms with E-state index in [-0.39, 0.29) is 17.3 Å². The molecule has 0 atom stereocenters. The second-order valence-corrected chi connectivity index (χ2v) is 6.37. The summed E-state index contributed by atoms with van der Waals surface area (Å²) >= 11 is 0. The fourth-order valence-electron chi connectivity index (χ4n) is 2.19. The zero-order valence-electron chi connectivity index (χ0n) is 14.7. The zero-order chi connectivity index (χ0) is 19.5. The minimum atomic E-state index is -0.670. The van der Waals surface area contributed by atoms with Crippen molar-refractivity contribution in [2.24, 2.45) is 5.84 Å². The Morgan fingerprint density at radius 2 is 2.04 bits per heavy atom. The lowest BCUT2D eigenvalue weighted by molar-refractivity contribution is -0.104. The van der Waals surface area contributed by atoms with Crippen LogP contribution in [0.2, 0.25) is 0 Å². The zero-order valence-corrected chi connectivity index (χ0v) is 14.7. The molecule has 0 fully saturated rings. The van der Waals surface area contributed by atoms with Crippen LogP contribution in [0.15, 0.2) is 24.5 Å². The summed E-state index contributed by atoms with van der Waals surface area (Å²) in [5, 5.41) is 3.98. The number of nitrogen functional groups attached to an aromatic ring is 3. The number of hydrazine groups is 1. The van der Waals surface area contributed by atoms with Crippen LogP contribution in [-0.4, -0.2) is 32.7 Å². The van der Waals surface area contributed by atoms with Gasteiger partial charge in [-0.25, -0.2) is 15.6 Å². The van der Waals surface area contributed by atoms with Crippen molar-refractivity contribution >= 4 is 35.3 Å². The van der Waals surface area contributed by atoms with Crippen LogP contribution in [0.3, 0.4) is 0 Å². The molecule has 2 heterocycles. The van der Waals surface area contributed by atoms with Gasteiger partial charge < -0.3 is 21.6 Å². The highest BCUT2D eigenvalue weighted by Gasteiger charge is 2.20. The first-order valence-electron chi connectivity index (χ1n) is 7.63. The van der Waals surface area contributed by atoms with E-state index in [2.05, 4.69) is 15.5 Å². The predicted molar refractivity (Wildman–Crippen MR) is 97.9 cm³/mol. The molecular formula is C16H21N7O3. The Labute approximate surface area is 150 Å². The maximum atomic E-state index is 12.1. The molecule has 0 aliphatic rings. The van der Waals surface area contributed by atoms with Crippen molar-refractivity contribution in [3.05, 3.63) is 35.7 Å². The molecule has 0 aliphatic carbocycles. The van der Waals surface area contributed by atoms with E-state index in [1.165, 1.54) is 24.5 Å². The van der Waals surface area contributed by atoms with Crippen molar-refractivity contribution in [2.45, 2.75) is 26.4 Å². The molecule has 138 valence electrons. The minimum Gasteiger partial charge on any atom is -0.442 e. The number of carbonyl (C=O) groups excluding carboxylic acids is 2. The quantitative estimate of drug-likeness (QED) is 0.271. The fraction of sp³-hybridized carbons (Fsp3) is 0.250. The summed E-state index contributed by atoms with van der Waals surface area (Å²) in [4.78, 5) is 27.2. The molecule has 0 saturated carbocycles. The summed E-state index contributed by atoms with van der Waals surface area (Å²) in [5.41, 5.74) is 15.0. The third kappa shape index (κ3) is 4.16. The van der Waals surface area contributed by atoms with Gasteiger partial charge in [-0.15, -0.1) is 0 Å². The van der Waals surface area contributed by atoms with E-state index in [0.29, 0.717) is 23.0 Å². The Bertz CT molecular complexity index is 865. The average molecular weight is 359 g/mol. The van der Waals surface area contributed by atoms with Crippen LogP contribution in [0.1, 0.15) is 31.9 Å². The molecule has 10 heteroatoms. The van der Waals surface area contributed by atoms with Crippen LogP contribution in [0.25, 0.3) is 5.57 Å². The van der Waals surface area contributed by atoms with Gasteiger partial charge in [-0.2, -0.15) is 9.78 Å². The third-order valence-corrected chi connectivity index (χ3v) is 3.21. The molecule has 10 nitrogen and oxygen atoms in total. The molecular weight excluding hydrogens is 338 g/mol. The van der Waals surface area contributed by atoms with Crippen LogP contribution in [0.5, 0.6) is 0 Å². The standard InChI is InChI=1S/C16H21N7O3/c1-16(2,3)26-15(25)23-8-9(7-20-23)10(4-5-24)11-6-12(17)21-14(22-19)13(11)18/h4-8H,18-19H2,1-3H3,(H3,17,21,22)/b10-4+. The normalized spacial score (nSPS) is 11.9. The molecule has 0 radical (unpaired) electrons. The number of pyridine rings is 1. The van der Waals surface area contributed by atoms with Gasteiger partial charge in [0.05, 0.1) is 11.9 Å². The van der Waals surface area contributed by atoms with Gasteiger partial charge in [0.2, 0.25) is 0 Å². The van der Waals surface area contributed by atoms with Gasteiger partial charge in [-0.05, 0) is 38.5 Å². The Morgan fingerprint density at radius 3 is 2.62 bits per heavy atom. The largest absolute Gasteiger partial charge is 0.442 e. The minimum absolute atomic E-state index is 0.151. The molecule has 0 saturated heterocycles. The lowest BCUT2D eigenvalue weighted by atomic mass is 9.99. The van der Waals surface area contributed by atoms with Crippen molar-refractivity contribution in [3.63, 3.8) is 0 Å². The molecule has 0 unspecified atom stereocenters. The molecule has 26 heavy (non-hydrogen) atoms. The van der Waals surface area contributed by atoms with Crippen LogP contribution in [0.4, 0.5) is 22.1 Å². The van der Waals surface area contributed by atoms with E-state index in [1.807, 2.05) is 0 Å². The monoisotopic (exact) mass is 359 g/mol. The smallest absolute Gasteiger partial charge is 0.435 e. The number of nitrogens with zero attached hydrogens (tertiary/aromatic N) is 3. The van der Waals surface area contributed by atoms with Crippen molar-refractivity contribution in [1.82, 2.24) is 14.8 Å². The number of carbonyl (C=O) groups is 2. The molecule has 7 N–H and O–H groups in total. The highest BCUT2D eigenvalue weighted by Crippen LogP contribution is 2.32. The molecule has 0 spiro atoms. The lowest BCUT2D eigenvalue weighted by Crippen LogP contribution is -2.27. The number of nitrogens with one attached hydrogen (secondary N) is 1. The number of allylic oxidation sites excluding steroid dienone is 1. The van der Waals surface area contributed by atoms with E-state index < -0.39 is 11.7 Å². The summed E-state index contributed by atoms with van der Waals surface area (Å²) in [5.74, 6) is 5.70. The van der Waals surface area contributed by atoms with Gasteiger partial charge in [-0.3, -0.25) is 4.79 Å². The maximum Gasteiger partial charge on any atom is 0.435 e. The number of aldehydes is 1. The fourth-order valence-corrected chi connectivity index (χ4v) is 2.19. The first kappa shape index (κ1) is 18.9. The average Bonchev–Trinajstić information content (AvgIpc) is 3.03. The number of nitrogens with two attached hydrogens (primary N) is 3. The topological polar surface area (TPSA) is 164 Å². The molecule has 0 amide bonds. The highest BCUT2D eigenvalue weighted by atomic mass is 16.6. The number of ether oxygens (including phenoxy) is 1. The summed E-state index contributed by atoms with van der Waals surface area (Å²) in [6.45, 7) is 5.23. The van der Waals surface area contributed by atoms with Gasteiger partial charge in [0.25, 0.3) is 0 Å². The molecule has 0 bridgehead atoms.